The number of rotatable bonds is 3. The van der Waals surface area contributed by atoms with Gasteiger partial charge in [0.05, 0.1) is 11.7 Å². The number of benzene rings is 2. The molecule has 0 bridgehead atoms. The number of H-pyrrole nitrogens is 1. The first-order valence-electron chi connectivity index (χ1n) is 9.13. The molecule has 0 unspecified atom stereocenters. The molecule has 2 N–H and O–H groups in total. The third-order valence-electron chi connectivity index (χ3n) is 4.89. The summed E-state index contributed by atoms with van der Waals surface area (Å²) < 4.78 is 13.0. The molecule has 0 radical (unpaired) electrons. The van der Waals surface area contributed by atoms with Crippen LogP contribution in [0.25, 0.3) is 10.9 Å². The maximum Gasteiger partial charge on any atom is 0.321 e. The van der Waals surface area contributed by atoms with E-state index in [2.05, 4.69) is 20.4 Å². The number of carbonyl (C=O) groups is 1. The van der Waals surface area contributed by atoms with Crippen molar-refractivity contribution in [3.8, 4) is 0 Å². The highest BCUT2D eigenvalue weighted by molar-refractivity contribution is 5.92. The highest BCUT2D eigenvalue weighted by Gasteiger charge is 2.19. The predicted octanol–water partition coefficient (Wildman–Crippen LogP) is 3.44. The van der Waals surface area contributed by atoms with Crippen LogP contribution >= 0.6 is 0 Å². The molecule has 2 amide bonds. The van der Waals surface area contributed by atoms with Crippen LogP contribution in [0.2, 0.25) is 0 Å². The number of anilines is 1. The number of aromatic amines is 1. The molecule has 0 spiro atoms. The van der Waals surface area contributed by atoms with E-state index in [0.717, 1.165) is 54.8 Å². The molecule has 27 heavy (non-hydrogen) atoms. The van der Waals surface area contributed by atoms with E-state index in [1.807, 2.05) is 35.2 Å². The molecule has 0 saturated carbocycles. The average molecular weight is 367 g/mol. The summed E-state index contributed by atoms with van der Waals surface area (Å²) in [6.45, 7) is 3.87. The summed E-state index contributed by atoms with van der Waals surface area (Å²) in [5.41, 5.74) is 2.74. The summed E-state index contributed by atoms with van der Waals surface area (Å²) in [6, 6.07) is 12.2. The predicted molar refractivity (Wildman–Crippen MR) is 103 cm³/mol. The molecule has 4 rings (SSSR count). The Morgan fingerprint density at radius 2 is 1.96 bits per heavy atom. The summed E-state index contributed by atoms with van der Waals surface area (Å²) in [4.78, 5) is 16.8. The monoisotopic (exact) mass is 367 g/mol. The molecule has 2 aromatic carbocycles. The summed E-state index contributed by atoms with van der Waals surface area (Å²) in [6.07, 6.45) is 2.67. The molecular formula is C20H22FN5O. The molecule has 1 aliphatic rings. The van der Waals surface area contributed by atoms with Gasteiger partial charge in [0.25, 0.3) is 0 Å². The minimum absolute atomic E-state index is 0.0857. The van der Waals surface area contributed by atoms with Crippen molar-refractivity contribution >= 4 is 22.6 Å². The summed E-state index contributed by atoms with van der Waals surface area (Å²) >= 11 is 0. The van der Waals surface area contributed by atoms with Crippen molar-refractivity contribution in [2.75, 3.05) is 31.5 Å². The molecule has 1 saturated heterocycles. The second-order valence-electron chi connectivity index (χ2n) is 6.85. The Morgan fingerprint density at radius 3 is 2.81 bits per heavy atom. The second kappa shape index (κ2) is 7.75. The van der Waals surface area contributed by atoms with Gasteiger partial charge in [0.2, 0.25) is 0 Å². The van der Waals surface area contributed by atoms with Crippen LogP contribution in [-0.2, 0) is 6.54 Å². The van der Waals surface area contributed by atoms with E-state index in [1.54, 1.807) is 6.20 Å². The molecule has 0 aliphatic carbocycles. The van der Waals surface area contributed by atoms with Crippen LogP contribution < -0.4 is 5.32 Å². The van der Waals surface area contributed by atoms with Crippen molar-refractivity contribution in [3.05, 3.63) is 60.0 Å². The Labute approximate surface area is 157 Å². The molecule has 140 valence electrons. The number of nitrogens with one attached hydrogen (secondary N) is 2. The van der Waals surface area contributed by atoms with E-state index in [1.165, 1.54) is 12.1 Å². The highest BCUT2D eigenvalue weighted by Crippen LogP contribution is 2.17. The van der Waals surface area contributed by atoms with E-state index in [-0.39, 0.29) is 11.8 Å². The van der Waals surface area contributed by atoms with E-state index >= 15 is 0 Å². The van der Waals surface area contributed by atoms with Crippen LogP contribution in [0.1, 0.15) is 12.0 Å². The van der Waals surface area contributed by atoms with E-state index < -0.39 is 0 Å². The SMILES string of the molecule is O=C(Nc1ccc2cn[nH]c2c1)N1CCCN(Cc2ccc(F)cc2)CC1. The Bertz CT molecular complexity index is 924. The number of hydrogen-bond acceptors (Lipinski definition) is 3. The van der Waals surface area contributed by atoms with E-state index in [0.29, 0.717) is 6.54 Å². The fourth-order valence-electron chi connectivity index (χ4n) is 3.40. The first-order chi connectivity index (χ1) is 13.2. The number of nitrogens with zero attached hydrogens (tertiary/aromatic N) is 3. The lowest BCUT2D eigenvalue weighted by Crippen LogP contribution is -2.38. The fourth-order valence-corrected chi connectivity index (χ4v) is 3.40. The Morgan fingerprint density at radius 1 is 1.11 bits per heavy atom. The Hall–Kier alpha value is -2.93. The molecule has 3 aromatic rings. The number of halogens is 1. The van der Waals surface area contributed by atoms with Crippen molar-refractivity contribution < 1.29 is 9.18 Å². The van der Waals surface area contributed by atoms with Crippen LogP contribution in [-0.4, -0.2) is 52.2 Å². The lowest BCUT2D eigenvalue weighted by atomic mass is 10.2. The lowest BCUT2D eigenvalue weighted by molar-refractivity contribution is 0.211. The quantitative estimate of drug-likeness (QED) is 0.745. The van der Waals surface area contributed by atoms with Crippen LogP contribution in [0, 0.1) is 5.82 Å². The topological polar surface area (TPSA) is 64.3 Å². The average Bonchev–Trinajstić information content (AvgIpc) is 3.01. The van der Waals surface area contributed by atoms with Gasteiger partial charge in [0, 0.05) is 43.8 Å². The Balaban J connectivity index is 1.34. The first kappa shape index (κ1) is 17.5. The molecule has 7 heteroatoms. The van der Waals surface area contributed by atoms with Crippen molar-refractivity contribution in [1.29, 1.82) is 0 Å². The van der Waals surface area contributed by atoms with Gasteiger partial charge in [-0.3, -0.25) is 10.00 Å². The van der Waals surface area contributed by atoms with Crippen molar-refractivity contribution in [2.24, 2.45) is 0 Å². The van der Waals surface area contributed by atoms with Gasteiger partial charge in [0.1, 0.15) is 5.82 Å². The smallest absolute Gasteiger partial charge is 0.321 e. The van der Waals surface area contributed by atoms with Gasteiger partial charge in [0.15, 0.2) is 0 Å². The summed E-state index contributed by atoms with van der Waals surface area (Å²) in [7, 11) is 0. The molecule has 0 atom stereocenters. The number of urea groups is 1. The summed E-state index contributed by atoms with van der Waals surface area (Å²) in [5, 5.41) is 10.9. The number of amides is 2. The van der Waals surface area contributed by atoms with Crippen LogP contribution in [0.3, 0.4) is 0 Å². The third kappa shape index (κ3) is 4.25. The van der Waals surface area contributed by atoms with Gasteiger partial charge in [-0.25, -0.2) is 9.18 Å². The number of aromatic nitrogens is 2. The van der Waals surface area contributed by atoms with Crippen LogP contribution in [0.5, 0.6) is 0 Å². The van der Waals surface area contributed by atoms with Crippen LogP contribution in [0.4, 0.5) is 14.9 Å². The number of hydrogen-bond donors (Lipinski definition) is 2. The lowest BCUT2D eigenvalue weighted by Gasteiger charge is -2.22. The van der Waals surface area contributed by atoms with Gasteiger partial charge >= 0.3 is 6.03 Å². The normalized spacial score (nSPS) is 15.7. The Kier molecular flexibility index (Phi) is 5.02. The first-order valence-corrected chi connectivity index (χ1v) is 9.13. The van der Waals surface area contributed by atoms with Gasteiger partial charge in [-0.1, -0.05) is 12.1 Å². The van der Waals surface area contributed by atoms with Gasteiger partial charge in [-0.2, -0.15) is 5.10 Å². The molecule has 6 nitrogen and oxygen atoms in total. The third-order valence-corrected chi connectivity index (χ3v) is 4.89. The minimum atomic E-state index is -0.217. The fraction of sp³-hybridized carbons (Fsp3) is 0.300. The molecule has 1 aromatic heterocycles. The van der Waals surface area contributed by atoms with Gasteiger partial charge in [-0.05, 0) is 42.3 Å². The maximum absolute atomic E-state index is 13.0. The zero-order valence-electron chi connectivity index (χ0n) is 15.0. The van der Waals surface area contributed by atoms with Gasteiger partial charge in [-0.15, -0.1) is 0 Å². The molecular weight excluding hydrogens is 345 g/mol. The van der Waals surface area contributed by atoms with E-state index in [9.17, 15) is 9.18 Å². The van der Waals surface area contributed by atoms with Crippen LogP contribution in [0.15, 0.2) is 48.7 Å². The van der Waals surface area contributed by atoms with Gasteiger partial charge < -0.3 is 10.2 Å². The van der Waals surface area contributed by atoms with E-state index in [4.69, 9.17) is 0 Å². The van der Waals surface area contributed by atoms with Crippen molar-refractivity contribution in [1.82, 2.24) is 20.0 Å². The highest BCUT2D eigenvalue weighted by atomic mass is 19.1. The summed E-state index contributed by atoms with van der Waals surface area (Å²) in [5.74, 6) is -0.217. The van der Waals surface area contributed by atoms with Crippen molar-refractivity contribution in [3.63, 3.8) is 0 Å². The largest absolute Gasteiger partial charge is 0.323 e. The standard InChI is InChI=1S/C20H22FN5O/c21-17-5-2-15(3-6-17)14-25-8-1-9-26(11-10-25)20(27)23-18-7-4-16-13-22-24-19(16)12-18/h2-7,12-13H,1,8-11,14H2,(H,22,24)(H,23,27). The van der Waals surface area contributed by atoms with Crippen molar-refractivity contribution in [2.45, 2.75) is 13.0 Å². The number of carbonyl (C=O) groups excluding carboxylic acids is 1. The molecule has 2 heterocycles. The molecule has 1 aliphatic heterocycles. The zero-order valence-corrected chi connectivity index (χ0v) is 15.0. The second-order valence-corrected chi connectivity index (χ2v) is 6.85. The minimum Gasteiger partial charge on any atom is -0.323 e. The molecule has 1 fully saturated rings. The number of fused-ring (bicyclic) bond motifs is 1. The zero-order chi connectivity index (χ0) is 18.6. The maximum atomic E-state index is 13.0.